The van der Waals surface area contributed by atoms with Gasteiger partial charge in [-0.25, -0.2) is 0 Å². The fourth-order valence-electron chi connectivity index (χ4n) is 2.32. The average Bonchev–Trinajstić information content (AvgIpc) is 2.74. The first-order valence-electron chi connectivity index (χ1n) is 13.1. The molecule has 0 saturated heterocycles. The average molecular weight is 270 g/mol. The lowest BCUT2D eigenvalue weighted by Crippen LogP contribution is -2.37. The van der Waals surface area contributed by atoms with Gasteiger partial charge in [-0.15, -0.1) is 0 Å². The molecule has 0 atom stereocenters. The molecule has 0 spiro atoms. The van der Waals surface area contributed by atoms with E-state index in [1.165, 1.54) is 6.92 Å². The van der Waals surface area contributed by atoms with Crippen molar-refractivity contribution in [2.75, 3.05) is 0 Å². The second-order valence-electron chi connectivity index (χ2n) is 4.51. The van der Waals surface area contributed by atoms with E-state index in [0.717, 1.165) is 0 Å². The van der Waals surface area contributed by atoms with Crippen LogP contribution in [0.4, 0.5) is 0 Å². The highest BCUT2D eigenvalue weighted by molar-refractivity contribution is 6.73. The second kappa shape index (κ2) is 4.52. The zero-order chi connectivity index (χ0) is 25.8. The summed E-state index contributed by atoms with van der Waals surface area (Å²) in [5, 5.41) is -0.572. The van der Waals surface area contributed by atoms with Crippen molar-refractivity contribution in [3.8, 4) is 0 Å². The van der Waals surface area contributed by atoms with Crippen LogP contribution in [0.15, 0.2) is 60.4 Å². The molecular formula is C19H17B. The van der Waals surface area contributed by atoms with Gasteiger partial charge in [-0.2, -0.15) is 0 Å². The standard InChI is InChI=1S/C19H17B/c1-14-10-11-15-6-5-7-16-12-20(13-18(14)19(15)16)17-8-3-2-4-9-17/h2-11H,12-13H2,1H3/i2D,3D,4D,5D,6D,7D,8D,9D,10D,11D,12D2,13D2. The summed E-state index contributed by atoms with van der Waals surface area (Å²) in [5.41, 5.74) is -1.45. The lowest BCUT2D eigenvalue weighted by atomic mass is 9.37. The normalized spacial score (nSPS) is 28.8. The van der Waals surface area contributed by atoms with Crippen LogP contribution in [0.3, 0.4) is 0 Å². The molecule has 0 amide bonds. The van der Waals surface area contributed by atoms with E-state index >= 15 is 0 Å². The van der Waals surface area contributed by atoms with Crippen molar-refractivity contribution in [2.24, 2.45) is 0 Å². The molecule has 3 aromatic carbocycles. The highest BCUT2D eigenvalue weighted by Gasteiger charge is 2.25. The number of rotatable bonds is 1. The molecular weight excluding hydrogens is 239 g/mol. The Bertz CT molecular complexity index is 1330. The largest absolute Gasteiger partial charge is 0.184 e. The van der Waals surface area contributed by atoms with Crippen LogP contribution in [0.25, 0.3) is 10.8 Å². The van der Waals surface area contributed by atoms with Crippen molar-refractivity contribution in [3.05, 3.63) is 77.1 Å². The molecule has 4 rings (SSSR count). The molecule has 1 aliphatic heterocycles. The fourth-order valence-corrected chi connectivity index (χ4v) is 2.32. The summed E-state index contributed by atoms with van der Waals surface area (Å²) in [4.78, 5) is 0. The second-order valence-corrected chi connectivity index (χ2v) is 4.51. The van der Waals surface area contributed by atoms with Gasteiger partial charge in [-0.1, -0.05) is 65.9 Å². The molecule has 0 unspecified atom stereocenters. The summed E-state index contributed by atoms with van der Waals surface area (Å²) in [6.45, 7) is -0.697. The van der Waals surface area contributed by atoms with Crippen LogP contribution in [0.5, 0.6) is 0 Å². The maximum Gasteiger partial charge on any atom is 0.184 e. The minimum atomic E-state index is -2.87. The van der Waals surface area contributed by atoms with Gasteiger partial charge in [0.1, 0.15) is 0 Å². The van der Waals surface area contributed by atoms with E-state index in [1.54, 1.807) is 0 Å². The Labute approximate surface area is 140 Å². The van der Waals surface area contributed by atoms with Crippen molar-refractivity contribution in [1.29, 1.82) is 0 Å². The molecule has 0 aliphatic carbocycles. The quantitative estimate of drug-likeness (QED) is 0.591. The first-order chi connectivity index (χ1) is 15.5. The molecule has 20 heavy (non-hydrogen) atoms. The van der Waals surface area contributed by atoms with Gasteiger partial charge in [0.05, 0.1) is 13.7 Å². The molecule has 1 aliphatic rings. The van der Waals surface area contributed by atoms with Gasteiger partial charge in [0, 0.05) is 5.48 Å². The molecule has 0 aromatic heterocycles. The van der Waals surface area contributed by atoms with Crippen LogP contribution >= 0.6 is 0 Å². The van der Waals surface area contributed by atoms with E-state index in [1.807, 2.05) is 0 Å². The lowest BCUT2D eigenvalue weighted by Gasteiger charge is -2.25. The molecule has 0 bridgehead atoms. The Morgan fingerprint density at radius 2 is 1.80 bits per heavy atom. The SMILES string of the molecule is [2H]c1c([2H])c([2H])c(B2C([2H])([2H])c3c([2H])c([2H])c([2H])c4c([2H])c([2H])c(C)c(c34)C2([2H])[2H])c([2H])c1[2H]. The van der Waals surface area contributed by atoms with Crippen LogP contribution in [0.2, 0.25) is 0 Å². The maximum atomic E-state index is 8.96. The van der Waals surface area contributed by atoms with Crippen LogP contribution in [-0.4, -0.2) is 6.71 Å². The van der Waals surface area contributed by atoms with Gasteiger partial charge in [0.15, 0.2) is 6.71 Å². The van der Waals surface area contributed by atoms with Gasteiger partial charge in [0.25, 0.3) is 0 Å². The van der Waals surface area contributed by atoms with E-state index in [-0.39, 0.29) is 21.9 Å². The van der Waals surface area contributed by atoms with Crippen LogP contribution in [0.1, 0.15) is 35.9 Å². The zero-order valence-electron chi connectivity index (χ0n) is 24.6. The number of hydrogen-bond acceptors (Lipinski definition) is 0. The highest BCUT2D eigenvalue weighted by Crippen LogP contribution is 2.31. The summed E-state index contributed by atoms with van der Waals surface area (Å²) < 4.78 is 118. The smallest absolute Gasteiger partial charge is 0.0794 e. The van der Waals surface area contributed by atoms with Crippen molar-refractivity contribution >= 4 is 22.9 Å². The van der Waals surface area contributed by atoms with Crippen LogP contribution in [0, 0.1) is 6.92 Å². The summed E-state index contributed by atoms with van der Waals surface area (Å²) in [6, 6.07) is -6.82. The Morgan fingerprint density at radius 3 is 2.65 bits per heavy atom. The monoisotopic (exact) mass is 270 g/mol. The van der Waals surface area contributed by atoms with Gasteiger partial charge >= 0.3 is 0 Å². The van der Waals surface area contributed by atoms with E-state index in [2.05, 4.69) is 0 Å². The fraction of sp³-hybridized carbons (Fsp3) is 0.158. The Balaban J connectivity index is 2.31. The predicted molar refractivity (Wildman–Crippen MR) is 87.9 cm³/mol. The van der Waals surface area contributed by atoms with Gasteiger partial charge in [-0.3, -0.25) is 0 Å². The van der Waals surface area contributed by atoms with Crippen molar-refractivity contribution in [3.63, 3.8) is 0 Å². The molecule has 96 valence electrons. The Kier molecular flexibility index (Phi) is 0.958. The van der Waals surface area contributed by atoms with E-state index in [9.17, 15) is 0 Å². The van der Waals surface area contributed by atoms with Crippen LogP contribution in [-0.2, 0) is 12.5 Å². The topological polar surface area (TPSA) is 0 Å². The summed E-state index contributed by atoms with van der Waals surface area (Å²) in [5.74, 6) is 0. The number of benzene rings is 3. The minimum Gasteiger partial charge on any atom is -0.0794 e. The number of hydrogen-bond donors (Lipinski definition) is 0. The van der Waals surface area contributed by atoms with Gasteiger partial charge < -0.3 is 0 Å². The zero-order valence-corrected chi connectivity index (χ0v) is 10.6. The first-order valence-corrected chi connectivity index (χ1v) is 6.12. The summed E-state index contributed by atoms with van der Waals surface area (Å²) in [7, 11) is 0. The molecule has 0 N–H and O–H groups in total. The van der Waals surface area contributed by atoms with Crippen molar-refractivity contribution in [1.82, 2.24) is 0 Å². The molecule has 1 heterocycles. The summed E-state index contributed by atoms with van der Waals surface area (Å²) >= 11 is 0. The minimum absolute atomic E-state index is 0.0480. The Hall–Kier alpha value is -2.02. The van der Waals surface area contributed by atoms with E-state index in [0.29, 0.717) is 0 Å². The van der Waals surface area contributed by atoms with E-state index in [4.69, 9.17) is 19.2 Å². The van der Waals surface area contributed by atoms with Gasteiger partial charge in [-0.05, 0) is 46.9 Å². The molecule has 0 nitrogen and oxygen atoms in total. The van der Waals surface area contributed by atoms with Gasteiger partial charge in [0.2, 0.25) is 0 Å². The third-order valence-corrected chi connectivity index (χ3v) is 3.26. The third kappa shape index (κ3) is 1.77. The van der Waals surface area contributed by atoms with Crippen LogP contribution < -0.4 is 5.46 Å². The van der Waals surface area contributed by atoms with Crippen molar-refractivity contribution < 1.29 is 19.2 Å². The predicted octanol–water partition coefficient (Wildman–Crippen LogP) is 3.73. The van der Waals surface area contributed by atoms with E-state index < -0.39 is 90.7 Å². The lowest BCUT2D eigenvalue weighted by molar-refractivity contribution is 1.22. The first kappa shape index (κ1) is 4.24. The molecule has 0 saturated carbocycles. The molecule has 1 heteroatoms. The van der Waals surface area contributed by atoms with Crippen molar-refractivity contribution in [2.45, 2.75) is 19.5 Å². The summed E-state index contributed by atoms with van der Waals surface area (Å²) in [6.07, 6.45) is -5.63. The molecule has 0 radical (unpaired) electrons. The molecule has 3 aromatic rings. The highest BCUT2D eigenvalue weighted by atomic mass is 14.1. The Morgan fingerprint density at radius 1 is 0.950 bits per heavy atom. The maximum absolute atomic E-state index is 8.96. The molecule has 0 fully saturated rings. The third-order valence-electron chi connectivity index (χ3n) is 3.26.